The maximum absolute atomic E-state index is 13.1. The van der Waals surface area contributed by atoms with E-state index in [1.54, 1.807) is 0 Å². The molecule has 0 atom stereocenters. The van der Waals surface area contributed by atoms with Gasteiger partial charge in [0, 0.05) is 22.2 Å². The van der Waals surface area contributed by atoms with Crippen molar-refractivity contribution in [3.63, 3.8) is 0 Å². The summed E-state index contributed by atoms with van der Waals surface area (Å²) in [5.74, 6) is -2.48. The van der Waals surface area contributed by atoms with Gasteiger partial charge in [-0.3, -0.25) is 4.79 Å². The molecule has 0 aliphatic carbocycles. The van der Waals surface area contributed by atoms with Crippen LogP contribution in [0.1, 0.15) is 10.4 Å². The first kappa shape index (κ1) is 15.6. The van der Waals surface area contributed by atoms with Gasteiger partial charge in [-0.1, -0.05) is 11.6 Å². The average Bonchev–Trinajstić information content (AvgIpc) is 2.27. The lowest BCUT2D eigenvalue weighted by Crippen LogP contribution is -2.14. The van der Waals surface area contributed by atoms with E-state index in [1.807, 2.05) is 0 Å². The van der Waals surface area contributed by atoms with Crippen LogP contribution < -0.4 is 0 Å². The number of carbonyl (C=O) groups excluding carboxylic acids is 2. The van der Waals surface area contributed by atoms with Crippen molar-refractivity contribution in [3.05, 3.63) is 34.6 Å². The van der Waals surface area contributed by atoms with Crippen molar-refractivity contribution in [2.24, 2.45) is 4.36 Å². The number of hydrogen-bond acceptors (Lipinski definition) is 4. The second-order valence-corrected chi connectivity index (χ2v) is 6.82. The number of ether oxygens (including phenoxy) is 1. The first-order valence-corrected chi connectivity index (χ1v) is 7.72. The van der Waals surface area contributed by atoms with Crippen molar-refractivity contribution in [2.75, 3.05) is 19.1 Å². The largest absolute Gasteiger partial charge is 0.452 e. The van der Waals surface area contributed by atoms with E-state index < -0.39 is 34.0 Å². The maximum Gasteiger partial charge on any atom is 0.338 e. The van der Waals surface area contributed by atoms with E-state index in [1.165, 1.54) is 24.6 Å². The quantitative estimate of drug-likeness (QED) is 0.799. The number of halogens is 2. The molecular weight excluding hydrogens is 297 g/mol. The molecule has 0 fully saturated rings. The lowest BCUT2D eigenvalue weighted by molar-refractivity contribution is -0.120. The Morgan fingerprint density at radius 2 is 2.05 bits per heavy atom. The summed E-state index contributed by atoms with van der Waals surface area (Å²) in [5.41, 5.74) is -0.0802. The van der Waals surface area contributed by atoms with E-state index in [2.05, 4.69) is 9.10 Å². The number of amides is 1. The summed E-state index contributed by atoms with van der Waals surface area (Å²) in [6, 6.07) is 3.36. The molecule has 0 heterocycles. The highest BCUT2D eigenvalue weighted by atomic mass is 35.5. The first-order valence-electron chi connectivity index (χ1n) is 5.01. The summed E-state index contributed by atoms with van der Waals surface area (Å²) < 4.78 is 32.2. The zero-order chi connectivity index (χ0) is 14.6. The molecule has 8 heteroatoms. The van der Waals surface area contributed by atoms with E-state index in [0.29, 0.717) is 0 Å². The third kappa shape index (κ3) is 5.35. The van der Waals surface area contributed by atoms with Crippen LogP contribution in [0.3, 0.4) is 0 Å². The molecule has 0 saturated carbocycles. The van der Waals surface area contributed by atoms with Crippen LogP contribution >= 0.6 is 11.6 Å². The Labute approximate surface area is 114 Å². The van der Waals surface area contributed by atoms with Crippen molar-refractivity contribution in [3.8, 4) is 0 Å². The normalized spacial score (nSPS) is 10.9. The van der Waals surface area contributed by atoms with Crippen LogP contribution in [0, 0.1) is 5.82 Å². The number of esters is 1. The van der Waals surface area contributed by atoms with Gasteiger partial charge in [0.2, 0.25) is 0 Å². The summed E-state index contributed by atoms with van der Waals surface area (Å²) in [4.78, 5) is 22.7. The molecule has 19 heavy (non-hydrogen) atoms. The minimum absolute atomic E-state index is 0.0802. The summed E-state index contributed by atoms with van der Waals surface area (Å²) in [5, 5.41) is -0.126. The molecule has 0 bridgehead atoms. The van der Waals surface area contributed by atoms with Gasteiger partial charge in [-0.05, 0) is 18.2 Å². The predicted octanol–water partition coefficient (Wildman–Crippen LogP) is 1.89. The van der Waals surface area contributed by atoms with E-state index >= 15 is 0 Å². The summed E-state index contributed by atoms with van der Waals surface area (Å²) in [6.07, 6.45) is 2.56. The number of nitrogens with zero attached hydrogens (tertiary/aromatic N) is 1. The first-order chi connectivity index (χ1) is 8.69. The van der Waals surface area contributed by atoms with Crippen LogP contribution in [0.5, 0.6) is 0 Å². The SMILES string of the molecule is CS(C)(=O)=NC(=O)COC(=O)c1ccc(Cl)c(F)c1. The molecule has 1 aromatic carbocycles. The molecule has 0 aromatic heterocycles. The second kappa shape index (κ2) is 6.12. The Morgan fingerprint density at radius 1 is 1.42 bits per heavy atom. The third-order valence-electron chi connectivity index (χ3n) is 1.80. The van der Waals surface area contributed by atoms with Gasteiger partial charge in [0.1, 0.15) is 5.82 Å². The van der Waals surface area contributed by atoms with Gasteiger partial charge in [-0.15, -0.1) is 0 Å². The Bertz CT molecular complexity index is 630. The molecule has 0 spiro atoms. The maximum atomic E-state index is 13.1. The van der Waals surface area contributed by atoms with Crippen LogP contribution in [0.2, 0.25) is 5.02 Å². The van der Waals surface area contributed by atoms with Gasteiger partial charge in [0.05, 0.1) is 10.6 Å². The standard InChI is InChI=1S/C11H11ClFNO4S/c1-19(2,17)14-10(15)6-18-11(16)7-3-4-8(12)9(13)5-7/h3-5H,6H2,1-2H3. The number of rotatable bonds is 3. The van der Waals surface area contributed by atoms with Gasteiger partial charge >= 0.3 is 5.97 Å². The molecule has 0 aliphatic rings. The van der Waals surface area contributed by atoms with Crippen LogP contribution in [-0.4, -0.2) is 35.2 Å². The van der Waals surface area contributed by atoms with Crippen molar-refractivity contribution in [1.82, 2.24) is 0 Å². The number of carbonyl (C=O) groups is 2. The van der Waals surface area contributed by atoms with Crippen molar-refractivity contribution >= 4 is 33.2 Å². The Balaban J connectivity index is 2.69. The zero-order valence-electron chi connectivity index (χ0n) is 10.2. The highest BCUT2D eigenvalue weighted by Gasteiger charge is 2.12. The van der Waals surface area contributed by atoms with Gasteiger partial charge in [-0.25, -0.2) is 13.4 Å². The highest BCUT2D eigenvalue weighted by Crippen LogP contribution is 2.16. The smallest absolute Gasteiger partial charge is 0.338 e. The third-order valence-corrected chi connectivity index (χ3v) is 2.75. The predicted molar refractivity (Wildman–Crippen MR) is 69.1 cm³/mol. The summed E-state index contributed by atoms with van der Waals surface area (Å²) >= 11 is 5.46. The Morgan fingerprint density at radius 3 is 2.58 bits per heavy atom. The van der Waals surface area contributed by atoms with Crippen LogP contribution in [0.25, 0.3) is 0 Å². The minimum Gasteiger partial charge on any atom is -0.452 e. The molecule has 5 nitrogen and oxygen atoms in total. The van der Waals surface area contributed by atoms with Gasteiger partial charge in [0.25, 0.3) is 5.91 Å². The van der Waals surface area contributed by atoms with E-state index in [4.69, 9.17) is 11.6 Å². The molecule has 0 aliphatic heterocycles. The number of hydrogen-bond donors (Lipinski definition) is 0. The van der Waals surface area contributed by atoms with Gasteiger partial charge in [-0.2, -0.15) is 4.36 Å². The molecule has 0 N–H and O–H groups in total. The van der Waals surface area contributed by atoms with E-state index in [-0.39, 0.29) is 10.6 Å². The fourth-order valence-corrected chi connectivity index (χ4v) is 1.77. The van der Waals surface area contributed by atoms with Crippen molar-refractivity contribution < 1.29 is 22.9 Å². The Kier molecular flexibility index (Phi) is 5.02. The highest BCUT2D eigenvalue weighted by molar-refractivity contribution is 7.92. The summed E-state index contributed by atoms with van der Waals surface area (Å²) in [7, 11) is -2.59. The van der Waals surface area contributed by atoms with Gasteiger partial charge in [0.15, 0.2) is 6.61 Å². The molecule has 1 amide bonds. The molecule has 0 saturated heterocycles. The Hall–Kier alpha value is -1.47. The number of benzene rings is 1. The molecular formula is C11H11ClFNO4S. The van der Waals surface area contributed by atoms with Crippen LogP contribution in [-0.2, 0) is 19.3 Å². The second-order valence-electron chi connectivity index (χ2n) is 3.87. The van der Waals surface area contributed by atoms with E-state index in [0.717, 1.165) is 6.07 Å². The summed E-state index contributed by atoms with van der Waals surface area (Å²) in [6.45, 7) is -0.651. The van der Waals surface area contributed by atoms with Crippen molar-refractivity contribution in [1.29, 1.82) is 0 Å². The minimum atomic E-state index is -2.59. The molecule has 0 unspecified atom stereocenters. The van der Waals surface area contributed by atoms with Crippen LogP contribution in [0.4, 0.5) is 4.39 Å². The van der Waals surface area contributed by atoms with Crippen molar-refractivity contribution in [2.45, 2.75) is 0 Å². The zero-order valence-corrected chi connectivity index (χ0v) is 11.8. The average molecular weight is 308 g/mol. The molecule has 1 rings (SSSR count). The fourth-order valence-electron chi connectivity index (χ4n) is 1.11. The monoisotopic (exact) mass is 307 g/mol. The van der Waals surface area contributed by atoms with Crippen LogP contribution in [0.15, 0.2) is 22.6 Å². The lowest BCUT2D eigenvalue weighted by atomic mass is 10.2. The lowest BCUT2D eigenvalue weighted by Gasteiger charge is -2.03. The van der Waals surface area contributed by atoms with Gasteiger partial charge < -0.3 is 4.74 Å². The fraction of sp³-hybridized carbons (Fsp3) is 0.273. The molecule has 0 radical (unpaired) electrons. The topological polar surface area (TPSA) is 72.8 Å². The molecule has 1 aromatic rings. The molecule has 104 valence electrons. The van der Waals surface area contributed by atoms with E-state index in [9.17, 15) is 18.2 Å².